The molecule has 0 spiro atoms. The molecule has 0 aliphatic heterocycles. The summed E-state index contributed by atoms with van der Waals surface area (Å²) in [6.45, 7) is 4.28. The van der Waals surface area contributed by atoms with Gasteiger partial charge in [0.15, 0.2) is 0 Å². The first-order valence-electron chi connectivity index (χ1n) is 9.96. The number of hydrogen-bond acceptors (Lipinski definition) is 3. The first-order valence-corrected chi connectivity index (χ1v) is 9.96. The molecule has 2 aromatic heterocycles. The number of carbonyl (C=O) groups is 1. The van der Waals surface area contributed by atoms with Crippen LogP contribution in [0.25, 0.3) is 16.6 Å². The molecule has 142 valence electrons. The molecule has 0 bridgehead atoms. The number of carbonyl (C=O) groups excluding carboxylic acids is 1. The Kier molecular flexibility index (Phi) is 6.64. The molecule has 27 heavy (non-hydrogen) atoms. The molecule has 0 N–H and O–H groups in total. The molecule has 4 heteroatoms. The number of nitrogens with zero attached hydrogens (tertiary/aromatic N) is 2. The number of ether oxygens (including phenoxy) is 1. The third kappa shape index (κ3) is 4.57. The summed E-state index contributed by atoms with van der Waals surface area (Å²) in [6, 6.07) is 11.8. The summed E-state index contributed by atoms with van der Waals surface area (Å²) in [5.74, 6) is -0.240. The van der Waals surface area contributed by atoms with Crippen LogP contribution in [0, 0.1) is 0 Å². The van der Waals surface area contributed by atoms with E-state index in [1.165, 1.54) is 19.3 Å². The Bertz CT molecular complexity index is 870. The number of para-hydroxylation sites is 1. The van der Waals surface area contributed by atoms with Crippen molar-refractivity contribution in [1.29, 1.82) is 0 Å². The third-order valence-electron chi connectivity index (χ3n) is 4.96. The fourth-order valence-corrected chi connectivity index (χ4v) is 3.41. The van der Waals surface area contributed by atoms with Gasteiger partial charge in [-0.15, -0.1) is 0 Å². The van der Waals surface area contributed by atoms with E-state index in [1.807, 2.05) is 47.2 Å². The molecule has 0 aliphatic carbocycles. The highest BCUT2D eigenvalue weighted by Gasteiger charge is 2.20. The van der Waals surface area contributed by atoms with E-state index < -0.39 is 0 Å². The number of aromatic nitrogens is 2. The van der Waals surface area contributed by atoms with Crippen molar-refractivity contribution in [3.8, 4) is 5.69 Å². The molecule has 1 unspecified atom stereocenters. The average Bonchev–Trinajstić information content (AvgIpc) is 3.11. The molecule has 3 rings (SSSR count). The molecule has 1 aromatic carbocycles. The lowest BCUT2D eigenvalue weighted by Crippen LogP contribution is -2.17. The first kappa shape index (κ1) is 19.2. The molecular weight excluding hydrogens is 336 g/mol. The number of hydrogen-bond donors (Lipinski definition) is 0. The standard InChI is InChI=1S/C23H28N2O2/c1-3-5-6-7-12-19(4-2)27-23(26)21-17-25(18-11-10-15-24-16-18)22-14-9-8-13-20(21)22/h8-11,13-17,19H,3-7,12H2,1-2H3. The van der Waals surface area contributed by atoms with Gasteiger partial charge in [-0.05, 0) is 37.5 Å². The van der Waals surface area contributed by atoms with Crippen LogP contribution in [0.2, 0.25) is 0 Å². The van der Waals surface area contributed by atoms with E-state index in [0.717, 1.165) is 35.9 Å². The van der Waals surface area contributed by atoms with Gasteiger partial charge in [-0.2, -0.15) is 0 Å². The van der Waals surface area contributed by atoms with E-state index >= 15 is 0 Å². The van der Waals surface area contributed by atoms with Gasteiger partial charge in [-0.25, -0.2) is 4.79 Å². The molecule has 0 aliphatic rings. The van der Waals surface area contributed by atoms with Crippen LogP contribution in [0.1, 0.15) is 62.7 Å². The van der Waals surface area contributed by atoms with Crippen molar-refractivity contribution >= 4 is 16.9 Å². The quantitative estimate of drug-likeness (QED) is 0.349. The van der Waals surface area contributed by atoms with Crippen molar-refractivity contribution in [2.75, 3.05) is 0 Å². The van der Waals surface area contributed by atoms with Crippen LogP contribution in [0.3, 0.4) is 0 Å². The minimum Gasteiger partial charge on any atom is -0.459 e. The van der Waals surface area contributed by atoms with E-state index in [-0.39, 0.29) is 12.1 Å². The van der Waals surface area contributed by atoms with Crippen LogP contribution in [-0.2, 0) is 4.74 Å². The van der Waals surface area contributed by atoms with Crippen molar-refractivity contribution < 1.29 is 9.53 Å². The summed E-state index contributed by atoms with van der Waals surface area (Å²) >= 11 is 0. The fraction of sp³-hybridized carbons (Fsp3) is 0.391. The predicted octanol–water partition coefficient (Wildman–Crippen LogP) is 5.93. The lowest BCUT2D eigenvalue weighted by atomic mass is 10.1. The zero-order valence-electron chi connectivity index (χ0n) is 16.2. The summed E-state index contributed by atoms with van der Waals surface area (Å²) < 4.78 is 7.86. The summed E-state index contributed by atoms with van der Waals surface area (Å²) in [6.07, 6.45) is 11.9. The molecule has 0 radical (unpaired) electrons. The molecule has 4 nitrogen and oxygen atoms in total. The molecular formula is C23H28N2O2. The first-order chi connectivity index (χ1) is 13.2. The summed E-state index contributed by atoms with van der Waals surface area (Å²) in [5, 5.41) is 0.909. The molecule has 2 heterocycles. The maximum Gasteiger partial charge on any atom is 0.340 e. The number of benzene rings is 1. The van der Waals surface area contributed by atoms with Gasteiger partial charge in [-0.3, -0.25) is 4.98 Å². The van der Waals surface area contributed by atoms with Gasteiger partial charge in [0.2, 0.25) is 0 Å². The highest BCUT2D eigenvalue weighted by Crippen LogP contribution is 2.26. The van der Waals surface area contributed by atoms with Crippen LogP contribution in [0.5, 0.6) is 0 Å². The van der Waals surface area contributed by atoms with Crippen LogP contribution in [-0.4, -0.2) is 21.6 Å². The topological polar surface area (TPSA) is 44.1 Å². The zero-order valence-corrected chi connectivity index (χ0v) is 16.2. The van der Waals surface area contributed by atoms with Crippen LogP contribution in [0.4, 0.5) is 0 Å². The normalized spacial score (nSPS) is 12.2. The van der Waals surface area contributed by atoms with Gasteiger partial charge in [0.05, 0.1) is 23.0 Å². The Balaban J connectivity index is 1.82. The minimum absolute atomic E-state index is 0.0186. The van der Waals surface area contributed by atoms with Crippen molar-refractivity contribution in [3.63, 3.8) is 0 Å². The van der Waals surface area contributed by atoms with Gasteiger partial charge in [0.1, 0.15) is 6.10 Å². The van der Waals surface area contributed by atoms with E-state index in [0.29, 0.717) is 5.56 Å². The Morgan fingerprint density at radius 1 is 1.11 bits per heavy atom. The lowest BCUT2D eigenvalue weighted by Gasteiger charge is -2.15. The highest BCUT2D eigenvalue weighted by atomic mass is 16.5. The van der Waals surface area contributed by atoms with E-state index in [2.05, 4.69) is 18.8 Å². The van der Waals surface area contributed by atoms with Gasteiger partial charge in [-0.1, -0.05) is 51.3 Å². The maximum atomic E-state index is 12.9. The highest BCUT2D eigenvalue weighted by molar-refractivity contribution is 6.05. The molecule has 0 amide bonds. The second-order valence-electron chi connectivity index (χ2n) is 6.93. The third-order valence-corrected chi connectivity index (χ3v) is 4.96. The van der Waals surface area contributed by atoms with Gasteiger partial charge < -0.3 is 9.30 Å². The smallest absolute Gasteiger partial charge is 0.340 e. The van der Waals surface area contributed by atoms with Crippen LogP contribution in [0.15, 0.2) is 55.0 Å². The second kappa shape index (κ2) is 9.36. The van der Waals surface area contributed by atoms with Gasteiger partial charge >= 0.3 is 5.97 Å². The largest absolute Gasteiger partial charge is 0.459 e. The maximum absolute atomic E-state index is 12.9. The Morgan fingerprint density at radius 3 is 2.70 bits per heavy atom. The minimum atomic E-state index is -0.240. The molecule has 3 aromatic rings. The van der Waals surface area contributed by atoms with E-state index in [4.69, 9.17) is 4.74 Å². The second-order valence-corrected chi connectivity index (χ2v) is 6.93. The van der Waals surface area contributed by atoms with Crippen molar-refractivity contribution in [1.82, 2.24) is 9.55 Å². The zero-order chi connectivity index (χ0) is 19.1. The predicted molar refractivity (Wildman–Crippen MR) is 109 cm³/mol. The van der Waals surface area contributed by atoms with Crippen molar-refractivity contribution in [2.24, 2.45) is 0 Å². The lowest BCUT2D eigenvalue weighted by molar-refractivity contribution is 0.0269. The van der Waals surface area contributed by atoms with E-state index in [1.54, 1.807) is 12.4 Å². The SMILES string of the molecule is CCCCCCC(CC)OC(=O)c1cn(-c2cccnc2)c2ccccc12. The summed E-state index contributed by atoms with van der Waals surface area (Å²) in [5.41, 5.74) is 2.52. The molecule has 0 saturated heterocycles. The van der Waals surface area contributed by atoms with Crippen molar-refractivity contribution in [3.05, 3.63) is 60.6 Å². The van der Waals surface area contributed by atoms with Crippen LogP contribution < -0.4 is 0 Å². The number of pyridine rings is 1. The number of esters is 1. The van der Waals surface area contributed by atoms with Crippen LogP contribution >= 0.6 is 0 Å². The Labute approximate surface area is 161 Å². The van der Waals surface area contributed by atoms with Gasteiger partial charge in [0.25, 0.3) is 0 Å². The monoisotopic (exact) mass is 364 g/mol. The Hall–Kier alpha value is -2.62. The molecule has 0 fully saturated rings. The van der Waals surface area contributed by atoms with Crippen molar-refractivity contribution in [2.45, 2.75) is 58.5 Å². The number of unbranched alkanes of at least 4 members (excludes halogenated alkanes) is 3. The Morgan fingerprint density at radius 2 is 1.96 bits per heavy atom. The number of rotatable bonds is 9. The molecule has 1 atom stereocenters. The fourth-order valence-electron chi connectivity index (χ4n) is 3.41. The molecule has 0 saturated carbocycles. The number of fused-ring (bicyclic) bond motifs is 1. The summed E-state index contributed by atoms with van der Waals surface area (Å²) in [4.78, 5) is 17.1. The summed E-state index contributed by atoms with van der Waals surface area (Å²) in [7, 11) is 0. The van der Waals surface area contributed by atoms with Gasteiger partial charge in [0, 0.05) is 17.8 Å². The average molecular weight is 364 g/mol. The van der Waals surface area contributed by atoms with E-state index in [9.17, 15) is 4.79 Å².